The summed E-state index contributed by atoms with van der Waals surface area (Å²) in [6.07, 6.45) is 5.44. The van der Waals surface area contributed by atoms with Gasteiger partial charge < -0.3 is 29.9 Å². The molecule has 0 aliphatic carbocycles. The summed E-state index contributed by atoms with van der Waals surface area (Å²) in [6.45, 7) is 16.0. The summed E-state index contributed by atoms with van der Waals surface area (Å²) in [4.78, 5) is 29.1. The molecule has 2 N–H and O–H groups in total. The summed E-state index contributed by atoms with van der Waals surface area (Å²) in [5.41, 5.74) is 5.23. The number of rotatable bonds is 8. The number of aromatic nitrogens is 2. The molecule has 0 unspecified atom stereocenters. The van der Waals surface area contributed by atoms with E-state index < -0.39 is 6.03 Å². The van der Waals surface area contributed by atoms with Crippen molar-refractivity contribution in [2.75, 3.05) is 67.9 Å². The van der Waals surface area contributed by atoms with E-state index in [1.807, 2.05) is 84.0 Å². The minimum absolute atomic E-state index is 0.369. The van der Waals surface area contributed by atoms with Crippen LogP contribution in [0.25, 0.3) is 0 Å². The first-order chi connectivity index (χ1) is 23.3. The first-order valence-electron chi connectivity index (χ1n) is 16.4. The van der Waals surface area contributed by atoms with Gasteiger partial charge in [-0.1, -0.05) is 44.2 Å². The summed E-state index contributed by atoms with van der Waals surface area (Å²) in [7, 11) is 5.29. The van der Waals surface area contributed by atoms with Gasteiger partial charge in [0.2, 0.25) is 0 Å². The Morgan fingerprint density at radius 1 is 0.854 bits per heavy atom. The van der Waals surface area contributed by atoms with Crippen molar-refractivity contribution in [3.05, 3.63) is 96.3 Å². The molecule has 1 aliphatic heterocycles. The number of hydrogen-bond acceptors (Lipinski definition) is 8. The number of likely N-dealkylation sites (N-methyl/N-ethyl adjacent to an activating group) is 1. The minimum atomic E-state index is -0.392. The molecule has 1 aliphatic rings. The van der Waals surface area contributed by atoms with Crippen molar-refractivity contribution in [2.45, 2.75) is 41.5 Å². The number of allylic oxidation sites excluding steroid dienone is 2. The lowest BCUT2D eigenvalue weighted by Crippen LogP contribution is -2.44. The fraction of sp³-hybridized carbons (Fsp3) is 0.342. The molecule has 10 heteroatoms. The van der Waals surface area contributed by atoms with Crippen LogP contribution in [0, 0.1) is 13.8 Å². The van der Waals surface area contributed by atoms with Crippen molar-refractivity contribution in [2.24, 2.45) is 0 Å². The highest BCUT2D eigenvalue weighted by molar-refractivity contribution is 6.08. The van der Waals surface area contributed by atoms with Crippen LogP contribution < -0.4 is 29.9 Å². The smallest absolute Gasteiger partial charge is 0.332 e. The summed E-state index contributed by atoms with van der Waals surface area (Å²) >= 11 is 0. The van der Waals surface area contributed by atoms with E-state index in [1.54, 1.807) is 38.5 Å². The molecule has 256 valence electrons. The van der Waals surface area contributed by atoms with Crippen LogP contribution in [0.2, 0.25) is 0 Å². The molecule has 1 aromatic heterocycles. The molecule has 2 heterocycles. The predicted octanol–water partition coefficient (Wildman–Crippen LogP) is 8.58. The number of nitrogens with zero attached hydrogens (tertiary/aromatic N) is 5. The van der Waals surface area contributed by atoms with E-state index in [9.17, 15) is 4.79 Å². The Morgan fingerprint density at radius 2 is 1.50 bits per heavy atom. The third kappa shape index (κ3) is 9.95. The zero-order valence-electron chi connectivity index (χ0n) is 29.9. The van der Waals surface area contributed by atoms with Gasteiger partial charge in [0.15, 0.2) is 0 Å². The van der Waals surface area contributed by atoms with Crippen molar-refractivity contribution in [3.63, 3.8) is 0 Å². The Kier molecular flexibility index (Phi) is 14.7. The van der Waals surface area contributed by atoms with Crippen LogP contribution in [0.3, 0.4) is 0 Å². The van der Waals surface area contributed by atoms with E-state index in [-0.39, 0.29) is 0 Å². The first-order valence-corrected chi connectivity index (χ1v) is 16.4. The van der Waals surface area contributed by atoms with Gasteiger partial charge >= 0.3 is 6.03 Å². The Morgan fingerprint density at radius 3 is 2.08 bits per heavy atom. The molecule has 0 atom stereocenters. The van der Waals surface area contributed by atoms with Crippen molar-refractivity contribution in [3.8, 4) is 11.5 Å². The van der Waals surface area contributed by atoms with Gasteiger partial charge in [0.05, 0.1) is 19.9 Å². The van der Waals surface area contributed by atoms with Crippen LogP contribution in [-0.4, -0.2) is 68.3 Å². The molecule has 2 amide bonds. The Labute approximate surface area is 286 Å². The van der Waals surface area contributed by atoms with Crippen LogP contribution >= 0.6 is 0 Å². The van der Waals surface area contributed by atoms with Gasteiger partial charge in [-0.05, 0) is 82.3 Å². The summed E-state index contributed by atoms with van der Waals surface area (Å²) in [6, 6.07) is 20.8. The van der Waals surface area contributed by atoms with Gasteiger partial charge in [0.1, 0.15) is 29.5 Å². The van der Waals surface area contributed by atoms with E-state index in [4.69, 9.17) is 9.47 Å². The van der Waals surface area contributed by atoms with Gasteiger partial charge in [0.25, 0.3) is 0 Å². The molecule has 3 aromatic carbocycles. The molecule has 0 spiro atoms. The Bertz CT molecular complexity index is 1590. The minimum Gasteiger partial charge on any atom is -0.497 e. The summed E-state index contributed by atoms with van der Waals surface area (Å²) < 4.78 is 11.0. The van der Waals surface area contributed by atoms with Crippen molar-refractivity contribution < 1.29 is 14.3 Å². The van der Waals surface area contributed by atoms with Crippen molar-refractivity contribution in [1.29, 1.82) is 0 Å². The van der Waals surface area contributed by atoms with Crippen LogP contribution in [-0.2, 0) is 0 Å². The standard InChI is InChI=1S/C32H37N7O3.C4H8.C2H6/c1-22-7-6-8-23(2)31(22)36-32(40)39(27-14-13-26(41-4)19-28(27)42-5)30-20-29(33-21-34-30)35-24-9-11-25(12-10-24)38-17-15-37(3)16-18-38;1-3-4-2;1-2/h6-14,19-21H,15-18H2,1-5H3,(H,36,40)(H,33,34,35);3-4H,1-2H3;1-2H3/b;4-3-;. The fourth-order valence-corrected chi connectivity index (χ4v) is 4.99. The summed E-state index contributed by atoms with van der Waals surface area (Å²) in [5, 5.41) is 6.43. The van der Waals surface area contributed by atoms with Gasteiger partial charge in [-0.15, -0.1) is 0 Å². The number of benzene rings is 3. The number of carbonyl (C=O) groups excluding carboxylic acids is 1. The quantitative estimate of drug-likeness (QED) is 0.183. The lowest BCUT2D eigenvalue weighted by Gasteiger charge is -2.34. The second-order valence-electron chi connectivity index (χ2n) is 11.0. The third-order valence-corrected chi connectivity index (χ3v) is 7.77. The molecular weight excluding hydrogens is 602 g/mol. The van der Waals surface area contributed by atoms with Crippen LogP contribution in [0.1, 0.15) is 38.8 Å². The topological polar surface area (TPSA) is 95.1 Å². The average molecular weight is 654 g/mol. The van der Waals surface area contributed by atoms with Gasteiger partial charge in [0, 0.05) is 55.4 Å². The molecule has 1 saturated heterocycles. The average Bonchev–Trinajstić information content (AvgIpc) is 3.12. The lowest BCUT2D eigenvalue weighted by atomic mass is 10.1. The van der Waals surface area contributed by atoms with Crippen molar-refractivity contribution in [1.82, 2.24) is 14.9 Å². The van der Waals surface area contributed by atoms with E-state index in [0.717, 1.165) is 48.7 Å². The number of urea groups is 1. The van der Waals surface area contributed by atoms with Gasteiger partial charge in [-0.3, -0.25) is 0 Å². The SMILES string of the molecule is C/C=C\C.CC.COc1ccc(N(C(=O)Nc2c(C)cccc2C)c2cc(Nc3ccc(N4CCN(C)CC4)cc3)ncn2)c(OC)c1. The monoisotopic (exact) mass is 653 g/mol. The highest BCUT2D eigenvalue weighted by atomic mass is 16.5. The number of methoxy groups -OCH3 is 2. The number of para-hydroxylation sites is 1. The number of hydrogen-bond donors (Lipinski definition) is 2. The molecule has 48 heavy (non-hydrogen) atoms. The Balaban J connectivity index is 0.000000970. The normalized spacial score (nSPS) is 12.6. The molecule has 0 radical (unpaired) electrons. The Hall–Kier alpha value is -5.09. The number of ether oxygens (including phenoxy) is 2. The zero-order valence-corrected chi connectivity index (χ0v) is 29.9. The van der Waals surface area contributed by atoms with E-state index in [0.29, 0.717) is 28.8 Å². The second-order valence-corrected chi connectivity index (χ2v) is 11.0. The predicted molar refractivity (Wildman–Crippen MR) is 200 cm³/mol. The van der Waals surface area contributed by atoms with Gasteiger partial charge in [-0.25, -0.2) is 19.7 Å². The summed E-state index contributed by atoms with van der Waals surface area (Å²) in [5.74, 6) is 1.98. The molecule has 1 fully saturated rings. The molecular formula is C38H51N7O3. The molecule has 10 nitrogen and oxygen atoms in total. The van der Waals surface area contributed by atoms with Crippen LogP contribution in [0.4, 0.5) is 39.2 Å². The second kappa shape index (κ2) is 18.9. The van der Waals surface area contributed by atoms with Crippen LogP contribution in [0.15, 0.2) is 85.2 Å². The van der Waals surface area contributed by atoms with Crippen molar-refractivity contribution >= 4 is 40.4 Å². The van der Waals surface area contributed by atoms with Gasteiger partial charge in [-0.2, -0.15) is 0 Å². The number of carbonyl (C=O) groups is 1. The number of nitrogens with one attached hydrogen (secondary N) is 2. The number of amides is 2. The molecule has 0 saturated carbocycles. The number of piperazine rings is 1. The molecule has 4 aromatic rings. The number of aryl methyl sites for hydroxylation is 2. The lowest BCUT2D eigenvalue weighted by molar-refractivity contribution is 0.258. The highest BCUT2D eigenvalue weighted by Crippen LogP contribution is 2.37. The molecule has 5 rings (SSSR count). The maximum absolute atomic E-state index is 14.0. The third-order valence-electron chi connectivity index (χ3n) is 7.77. The highest BCUT2D eigenvalue weighted by Gasteiger charge is 2.25. The van der Waals surface area contributed by atoms with Crippen LogP contribution in [0.5, 0.6) is 11.5 Å². The molecule has 0 bridgehead atoms. The fourth-order valence-electron chi connectivity index (χ4n) is 4.99. The largest absolute Gasteiger partial charge is 0.497 e. The number of anilines is 6. The zero-order chi connectivity index (χ0) is 35.1. The van der Waals surface area contributed by atoms with E-state index in [1.165, 1.54) is 16.9 Å². The maximum Gasteiger partial charge on any atom is 0.332 e. The first kappa shape index (κ1) is 37.4. The van der Waals surface area contributed by atoms with E-state index >= 15 is 0 Å². The van der Waals surface area contributed by atoms with E-state index in [2.05, 4.69) is 49.6 Å². The maximum atomic E-state index is 14.0.